The Balaban J connectivity index is 1.49. The maximum atomic E-state index is 13.0. The lowest BCUT2D eigenvalue weighted by Gasteiger charge is -2.31. The van der Waals surface area contributed by atoms with Crippen LogP contribution >= 0.6 is 0 Å². The van der Waals surface area contributed by atoms with Crippen molar-refractivity contribution >= 4 is 21.9 Å². The molecular formula is C25H32N2O5S. The number of hydrogen-bond donors (Lipinski definition) is 1. The molecule has 178 valence electrons. The minimum Gasteiger partial charge on any atom is -0.462 e. The van der Waals surface area contributed by atoms with Crippen LogP contribution in [0.3, 0.4) is 0 Å². The molecule has 1 heterocycles. The molecule has 1 aliphatic rings. The number of carbonyl (C=O) groups excluding carboxylic acids is 2. The van der Waals surface area contributed by atoms with Gasteiger partial charge in [-0.1, -0.05) is 30.3 Å². The van der Waals surface area contributed by atoms with Gasteiger partial charge in [0.1, 0.15) is 0 Å². The van der Waals surface area contributed by atoms with E-state index in [4.69, 9.17) is 4.74 Å². The summed E-state index contributed by atoms with van der Waals surface area (Å²) in [7, 11) is -3.68. The van der Waals surface area contributed by atoms with Gasteiger partial charge in [-0.2, -0.15) is 4.31 Å². The standard InChI is InChI=1S/C25H32N2O5S/c1-3-32-25(29)22-11-13-23(14-12-22)33(30,31)27-17-15-21(16-18-27)24(28)26-19(2)9-10-20-7-5-4-6-8-20/h4-8,11-14,19,21H,3,9-10,15-18H2,1-2H3,(H,26,28). The topological polar surface area (TPSA) is 92.8 Å². The predicted octanol–water partition coefficient (Wildman–Crippen LogP) is 3.40. The number of nitrogens with one attached hydrogen (secondary N) is 1. The van der Waals surface area contributed by atoms with Crippen LogP contribution in [0.1, 0.15) is 49.0 Å². The Morgan fingerprint density at radius 2 is 1.70 bits per heavy atom. The van der Waals surface area contributed by atoms with E-state index in [0.29, 0.717) is 31.5 Å². The first kappa shape index (κ1) is 24.9. The number of benzene rings is 2. The van der Waals surface area contributed by atoms with Crippen molar-refractivity contribution in [2.45, 2.75) is 50.5 Å². The van der Waals surface area contributed by atoms with E-state index in [1.807, 2.05) is 25.1 Å². The van der Waals surface area contributed by atoms with Gasteiger partial charge in [-0.25, -0.2) is 13.2 Å². The molecule has 0 bridgehead atoms. The molecule has 0 radical (unpaired) electrons. The van der Waals surface area contributed by atoms with Crippen LogP contribution in [-0.4, -0.2) is 50.3 Å². The van der Waals surface area contributed by atoms with Crippen LogP contribution in [0, 0.1) is 5.92 Å². The van der Waals surface area contributed by atoms with Crippen molar-refractivity contribution in [1.29, 1.82) is 0 Å². The first-order chi connectivity index (χ1) is 15.8. The van der Waals surface area contributed by atoms with Crippen LogP contribution in [0.15, 0.2) is 59.5 Å². The summed E-state index contributed by atoms with van der Waals surface area (Å²) in [5.41, 5.74) is 1.56. The number of esters is 1. The van der Waals surface area contributed by atoms with Gasteiger partial charge in [0, 0.05) is 25.0 Å². The zero-order chi connectivity index (χ0) is 23.8. The molecule has 7 nitrogen and oxygen atoms in total. The Labute approximate surface area is 196 Å². The second-order valence-corrected chi connectivity index (χ2v) is 10.3. The van der Waals surface area contributed by atoms with Crippen molar-refractivity contribution in [1.82, 2.24) is 9.62 Å². The molecule has 1 atom stereocenters. The lowest BCUT2D eigenvalue weighted by molar-refractivity contribution is -0.126. The number of rotatable bonds is 9. The third-order valence-electron chi connectivity index (χ3n) is 5.93. The summed E-state index contributed by atoms with van der Waals surface area (Å²) < 4.78 is 32.3. The first-order valence-electron chi connectivity index (χ1n) is 11.4. The molecule has 2 aromatic carbocycles. The fraction of sp³-hybridized carbons (Fsp3) is 0.440. The summed E-state index contributed by atoms with van der Waals surface area (Å²) in [6.07, 6.45) is 2.72. The van der Waals surface area contributed by atoms with E-state index in [1.54, 1.807) is 6.92 Å². The van der Waals surface area contributed by atoms with Crippen molar-refractivity contribution in [2.24, 2.45) is 5.92 Å². The number of sulfonamides is 1. The van der Waals surface area contributed by atoms with Gasteiger partial charge in [0.05, 0.1) is 17.1 Å². The molecule has 1 amide bonds. The highest BCUT2D eigenvalue weighted by molar-refractivity contribution is 7.89. The van der Waals surface area contributed by atoms with Gasteiger partial charge in [0.2, 0.25) is 15.9 Å². The van der Waals surface area contributed by atoms with Crippen LogP contribution in [0.25, 0.3) is 0 Å². The molecule has 0 spiro atoms. The Morgan fingerprint density at radius 3 is 2.30 bits per heavy atom. The zero-order valence-electron chi connectivity index (χ0n) is 19.2. The minimum atomic E-state index is -3.68. The summed E-state index contributed by atoms with van der Waals surface area (Å²) in [6.45, 7) is 4.55. The highest BCUT2D eigenvalue weighted by Gasteiger charge is 2.32. The van der Waals surface area contributed by atoms with Crippen LogP contribution in [-0.2, 0) is 26.0 Å². The summed E-state index contributed by atoms with van der Waals surface area (Å²) in [4.78, 5) is 24.6. The smallest absolute Gasteiger partial charge is 0.338 e. The number of carbonyl (C=O) groups is 2. The fourth-order valence-electron chi connectivity index (χ4n) is 3.95. The van der Waals surface area contributed by atoms with E-state index in [-0.39, 0.29) is 29.4 Å². The van der Waals surface area contributed by atoms with Gasteiger partial charge in [0.15, 0.2) is 0 Å². The number of nitrogens with zero attached hydrogens (tertiary/aromatic N) is 1. The quantitative estimate of drug-likeness (QED) is 0.565. The molecule has 0 aromatic heterocycles. The predicted molar refractivity (Wildman–Crippen MR) is 126 cm³/mol. The van der Waals surface area contributed by atoms with E-state index >= 15 is 0 Å². The third-order valence-corrected chi connectivity index (χ3v) is 7.84. The lowest BCUT2D eigenvalue weighted by Crippen LogP contribution is -2.44. The maximum Gasteiger partial charge on any atom is 0.338 e. The van der Waals surface area contributed by atoms with Crippen molar-refractivity contribution in [3.05, 3.63) is 65.7 Å². The number of ether oxygens (including phenoxy) is 1. The van der Waals surface area contributed by atoms with Crippen molar-refractivity contribution in [3.8, 4) is 0 Å². The molecule has 1 unspecified atom stereocenters. The molecule has 3 rings (SSSR count). The minimum absolute atomic E-state index is 0.00796. The second kappa shape index (κ2) is 11.4. The first-order valence-corrected chi connectivity index (χ1v) is 12.9. The van der Waals surface area contributed by atoms with E-state index in [2.05, 4.69) is 17.4 Å². The average Bonchev–Trinajstić information content (AvgIpc) is 2.83. The molecule has 1 fully saturated rings. The molecular weight excluding hydrogens is 440 g/mol. The van der Waals surface area contributed by atoms with Crippen LogP contribution in [0.4, 0.5) is 0 Å². The highest BCUT2D eigenvalue weighted by Crippen LogP contribution is 2.24. The molecule has 8 heteroatoms. The molecule has 2 aromatic rings. The summed E-state index contributed by atoms with van der Waals surface area (Å²) in [5, 5.41) is 3.08. The largest absolute Gasteiger partial charge is 0.462 e. The number of hydrogen-bond acceptors (Lipinski definition) is 5. The fourth-order valence-corrected chi connectivity index (χ4v) is 5.42. The summed E-state index contributed by atoms with van der Waals surface area (Å²) in [6, 6.07) is 16.0. The van der Waals surface area contributed by atoms with Crippen LogP contribution in [0.5, 0.6) is 0 Å². The third kappa shape index (κ3) is 6.65. The summed E-state index contributed by atoms with van der Waals surface area (Å²) >= 11 is 0. The lowest BCUT2D eigenvalue weighted by atomic mass is 9.96. The molecule has 1 N–H and O–H groups in total. The maximum absolute atomic E-state index is 13.0. The van der Waals surface area contributed by atoms with Crippen molar-refractivity contribution in [3.63, 3.8) is 0 Å². The molecule has 33 heavy (non-hydrogen) atoms. The molecule has 0 saturated carbocycles. The van der Waals surface area contributed by atoms with Gasteiger partial charge >= 0.3 is 5.97 Å². The Morgan fingerprint density at radius 1 is 1.06 bits per heavy atom. The Bertz CT molecular complexity index is 1030. The van der Waals surface area contributed by atoms with Gasteiger partial charge in [-0.15, -0.1) is 0 Å². The second-order valence-electron chi connectivity index (χ2n) is 8.36. The van der Waals surface area contributed by atoms with Gasteiger partial charge < -0.3 is 10.1 Å². The number of aryl methyl sites for hydroxylation is 1. The van der Waals surface area contributed by atoms with E-state index in [9.17, 15) is 18.0 Å². The SMILES string of the molecule is CCOC(=O)c1ccc(S(=O)(=O)N2CCC(C(=O)NC(C)CCc3ccccc3)CC2)cc1. The number of piperidine rings is 1. The monoisotopic (exact) mass is 472 g/mol. The Kier molecular flexibility index (Phi) is 8.63. The molecule has 1 aliphatic heterocycles. The summed E-state index contributed by atoms with van der Waals surface area (Å²) in [5.74, 6) is -0.681. The van der Waals surface area contributed by atoms with Crippen LogP contribution in [0.2, 0.25) is 0 Å². The number of amides is 1. The van der Waals surface area contributed by atoms with Crippen molar-refractivity contribution < 1.29 is 22.7 Å². The highest BCUT2D eigenvalue weighted by atomic mass is 32.2. The molecule has 0 aliphatic carbocycles. The van der Waals surface area contributed by atoms with Crippen molar-refractivity contribution in [2.75, 3.05) is 19.7 Å². The average molecular weight is 473 g/mol. The van der Waals surface area contributed by atoms with E-state index in [1.165, 1.54) is 34.1 Å². The molecule has 1 saturated heterocycles. The van der Waals surface area contributed by atoms with E-state index in [0.717, 1.165) is 12.8 Å². The van der Waals surface area contributed by atoms with E-state index < -0.39 is 16.0 Å². The Hall–Kier alpha value is -2.71. The normalized spacial score (nSPS) is 16.2. The van der Waals surface area contributed by atoms with Gasteiger partial charge in [0.25, 0.3) is 0 Å². The van der Waals surface area contributed by atoms with Gasteiger partial charge in [-0.3, -0.25) is 4.79 Å². The van der Waals surface area contributed by atoms with Crippen LogP contribution < -0.4 is 5.32 Å². The zero-order valence-corrected chi connectivity index (χ0v) is 20.0. The van der Waals surface area contributed by atoms with Gasteiger partial charge in [-0.05, 0) is 69.4 Å².